The molecule has 1 aromatic rings. The van der Waals surface area contributed by atoms with Crippen molar-refractivity contribution in [2.24, 2.45) is 5.41 Å². The largest absolute Gasteiger partial charge is 0.478 e. The summed E-state index contributed by atoms with van der Waals surface area (Å²) in [6.07, 6.45) is 6.77. The van der Waals surface area contributed by atoms with E-state index in [2.05, 4.69) is 56.6 Å². The Balaban J connectivity index is 2.65. The lowest BCUT2D eigenvalue weighted by Gasteiger charge is -2.18. The minimum absolute atomic E-state index is 0.0265. The van der Waals surface area contributed by atoms with Crippen molar-refractivity contribution in [1.29, 1.82) is 0 Å². The number of carboxylic acids is 1. The molecule has 1 N–H and O–H groups in total. The van der Waals surface area contributed by atoms with Crippen molar-refractivity contribution < 1.29 is 9.90 Å². The van der Waals surface area contributed by atoms with Crippen LogP contribution in [0.5, 0.6) is 0 Å². The molecule has 0 aliphatic rings. The van der Waals surface area contributed by atoms with Gasteiger partial charge in [-0.05, 0) is 50.6 Å². The number of allylic oxidation sites excluding steroid dienone is 1. The molecule has 0 unspecified atom stereocenters. The second kappa shape index (κ2) is 9.75. The Hall–Kier alpha value is -2.31. The van der Waals surface area contributed by atoms with Crippen molar-refractivity contribution in [1.82, 2.24) is 4.90 Å². The van der Waals surface area contributed by atoms with E-state index in [0.717, 1.165) is 31.3 Å². The van der Waals surface area contributed by atoms with Gasteiger partial charge in [0.2, 0.25) is 0 Å². The molecule has 3 heteroatoms. The highest BCUT2D eigenvalue weighted by molar-refractivity contribution is 5.85. The second-order valence-corrected chi connectivity index (χ2v) is 6.67. The number of carbonyl (C=O) groups is 1. The van der Waals surface area contributed by atoms with Crippen LogP contribution >= 0.6 is 0 Å². The summed E-state index contributed by atoms with van der Waals surface area (Å²) in [7, 11) is 0. The van der Waals surface area contributed by atoms with Crippen LogP contribution < -0.4 is 0 Å². The number of rotatable bonds is 7. The Morgan fingerprint density at radius 3 is 2.71 bits per heavy atom. The Kier molecular flexibility index (Phi) is 8.01. The standard InChI is InChI=1S/C21H27NO2/c1-5-22(15-8-6-7-14-21(2,3)4)17-19-11-9-10-18(16-19)12-13-20(23)24/h6,8-13,16H,5,15,17H2,1-4H3,(H,23,24)/b8-6?,13-12+. The van der Waals surface area contributed by atoms with Crippen molar-refractivity contribution in [3.63, 3.8) is 0 Å². The third-order valence-electron chi connectivity index (χ3n) is 3.23. The first-order chi connectivity index (χ1) is 11.3. The molecule has 0 aliphatic carbocycles. The molecule has 0 heterocycles. The highest BCUT2D eigenvalue weighted by atomic mass is 16.4. The van der Waals surface area contributed by atoms with Crippen LogP contribution in [0.2, 0.25) is 0 Å². The zero-order valence-corrected chi connectivity index (χ0v) is 15.0. The molecule has 0 fully saturated rings. The van der Waals surface area contributed by atoms with E-state index in [1.54, 1.807) is 6.08 Å². The summed E-state index contributed by atoms with van der Waals surface area (Å²) in [5, 5.41) is 8.70. The maximum atomic E-state index is 10.6. The highest BCUT2D eigenvalue weighted by Gasteiger charge is 2.03. The van der Waals surface area contributed by atoms with E-state index < -0.39 is 5.97 Å². The molecule has 0 amide bonds. The quantitative estimate of drug-likeness (QED) is 0.603. The molecule has 0 aliphatic heterocycles. The van der Waals surface area contributed by atoms with Gasteiger partial charge in [0.25, 0.3) is 0 Å². The van der Waals surface area contributed by atoms with E-state index in [4.69, 9.17) is 5.11 Å². The van der Waals surface area contributed by atoms with Gasteiger partial charge in [0.15, 0.2) is 0 Å². The number of carboxylic acid groups (broad SMARTS) is 1. The summed E-state index contributed by atoms with van der Waals surface area (Å²) < 4.78 is 0. The lowest BCUT2D eigenvalue weighted by Crippen LogP contribution is -2.22. The summed E-state index contributed by atoms with van der Waals surface area (Å²) in [6.45, 7) is 11.0. The van der Waals surface area contributed by atoms with Gasteiger partial charge in [0, 0.05) is 24.6 Å². The number of nitrogens with zero attached hydrogens (tertiary/aromatic N) is 1. The van der Waals surface area contributed by atoms with E-state index in [0.29, 0.717) is 0 Å². The molecule has 3 nitrogen and oxygen atoms in total. The highest BCUT2D eigenvalue weighted by Crippen LogP contribution is 2.11. The molecular weight excluding hydrogens is 298 g/mol. The molecular formula is C21H27NO2. The SMILES string of the molecule is CCN(CC=CC#CC(C)(C)C)Cc1cccc(/C=C/C(=O)O)c1. The maximum absolute atomic E-state index is 10.6. The van der Waals surface area contributed by atoms with Gasteiger partial charge < -0.3 is 5.11 Å². The second-order valence-electron chi connectivity index (χ2n) is 6.67. The van der Waals surface area contributed by atoms with Crippen molar-refractivity contribution in [2.45, 2.75) is 34.2 Å². The lowest BCUT2D eigenvalue weighted by atomic mass is 9.98. The Morgan fingerprint density at radius 1 is 1.33 bits per heavy atom. The molecule has 0 bridgehead atoms. The van der Waals surface area contributed by atoms with Gasteiger partial charge in [-0.1, -0.05) is 49.1 Å². The first-order valence-electron chi connectivity index (χ1n) is 8.20. The van der Waals surface area contributed by atoms with E-state index in [9.17, 15) is 4.79 Å². The van der Waals surface area contributed by atoms with Gasteiger partial charge in [-0.3, -0.25) is 4.90 Å². The Morgan fingerprint density at radius 2 is 2.08 bits per heavy atom. The van der Waals surface area contributed by atoms with Crippen LogP contribution in [-0.2, 0) is 11.3 Å². The molecule has 1 rings (SSSR count). The van der Waals surface area contributed by atoms with E-state index in [-0.39, 0.29) is 5.41 Å². The number of hydrogen-bond donors (Lipinski definition) is 1. The maximum Gasteiger partial charge on any atom is 0.328 e. The van der Waals surface area contributed by atoms with Crippen LogP contribution in [0.1, 0.15) is 38.8 Å². The number of likely N-dealkylation sites (N-methyl/N-ethyl adjacent to an activating group) is 1. The van der Waals surface area contributed by atoms with Gasteiger partial charge in [-0.25, -0.2) is 4.79 Å². The van der Waals surface area contributed by atoms with Crippen LogP contribution in [0.15, 0.2) is 42.5 Å². The number of benzene rings is 1. The Bertz CT molecular complexity index is 654. The van der Waals surface area contributed by atoms with E-state index >= 15 is 0 Å². The van der Waals surface area contributed by atoms with Gasteiger partial charge in [-0.15, -0.1) is 0 Å². The van der Waals surface area contributed by atoms with Gasteiger partial charge in [0.1, 0.15) is 0 Å². The monoisotopic (exact) mass is 325 g/mol. The number of aliphatic carboxylic acids is 1. The first kappa shape index (κ1) is 19.7. The fourth-order valence-corrected chi connectivity index (χ4v) is 2.05. The summed E-state index contributed by atoms with van der Waals surface area (Å²) >= 11 is 0. The van der Waals surface area contributed by atoms with Gasteiger partial charge in [0.05, 0.1) is 0 Å². The predicted octanol–water partition coefficient (Wildman–Crippen LogP) is 4.21. The van der Waals surface area contributed by atoms with E-state index in [1.165, 1.54) is 5.56 Å². The molecule has 1 aromatic carbocycles. The third kappa shape index (κ3) is 8.97. The predicted molar refractivity (Wildman–Crippen MR) is 100 cm³/mol. The molecule has 0 aromatic heterocycles. The molecule has 24 heavy (non-hydrogen) atoms. The molecule has 0 spiro atoms. The summed E-state index contributed by atoms with van der Waals surface area (Å²) in [5.74, 6) is 5.33. The minimum Gasteiger partial charge on any atom is -0.478 e. The summed E-state index contributed by atoms with van der Waals surface area (Å²) in [5.41, 5.74) is 2.09. The fourth-order valence-electron chi connectivity index (χ4n) is 2.05. The van der Waals surface area contributed by atoms with Crippen LogP contribution in [0.3, 0.4) is 0 Å². The molecule has 0 atom stereocenters. The topological polar surface area (TPSA) is 40.5 Å². The molecule has 128 valence electrons. The molecule has 0 saturated carbocycles. The van der Waals surface area contributed by atoms with Crippen molar-refractivity contribution >= 4 is 12.0 Å². The van der Waals surface area contributed by atoms with E-state index in [1.807, 2.05) is 24.3 Å². The third-order valence-corrected chi connectivity index (χ3v) is 3.23. The van der Waals surface area contributed by atoms with Crippen molar-refractivity contribution in [3.05, 3.63) is 53.6 Å². The summed E-state index contributed by atoms with van der Waals surface area (Å²) in [4.78, 5) is 12.9. The molecule has 0 radical (unpaired) electrons. The lowest BCUT2D eigenvalue weighted by molar-refractivity contribution is -0.131. The first-order valence-corrected chi connectivity index (χ1v) is 8.20. The van der Waals surface area contributed by atoms with Crippen LogP contribution in [-0.4, -0.2) is 29.1 Å². The van der Waals surface area contributed by atoms with Crippen molar-refractivity contribution in [2.75, 3.05) is 13.1 Å². The molecule has 0 saturated heterocycles. The normalized spacial score (nSPS) is 11.9. The fraction of sp³-hybridized carbons (Fsp3) is 0.381. The van der Waals surface area contributed by atoms with Crippen LogP contribution in [0.25, 0.3) is 6.08 Å². The number of hydrogen-bond acceptors (Lipinski definition) is 2. The van der Waals surface area contributed by atoms with Gasteiger partial charge in [-0.2, -0.15) is 0 Å². The van der Waals surface area contributed by atoms with Crippen molar-refractivity contribution in [3.8, 4) is 11.8 Å². The average molecular weight is 325 g/mol. The van der Waals surface area contributed by atoms with Crippen LogP contribution in [0.4, 0.5) is 0 Å². The average Bonchev–Trinajstić information content (AvgIpc) is 2.50. The minimum atomic E-state index is -0.933. The summed E-state index contributed by atoms with van der Waals surface area (Å²) in [6, 6.07) is 7.94. The Labute approximate surface area is 145 Å². The zero-order chi connectivity index (χ0) is 18.0. The smallest absolute Gasteiger partial charge is 0.328 e. The zero-order valence-electron chi connectivity index (χ0n) is 15.0. The van der Waals surface area contributed by atoms with Crippen LogP contribution in [0, 0.1) is 17.3 Å². The van der Waals surface area contributed by atoms with Gasteiger partial charge >= 0.3 is 5.97 Å².